The number of hydrogen-bond acceptors (Lipinski definition) is 3. The van der Waals surface area contributed by atoms with E-state index in [0.717, 1.165) is 0 Å². The van der Waals surface area contributed by atoms with Crippen molar-refractivity contribution in [2.45, 2.75) is 0 Å². The zero-order valence-electron chi connectivity index (χ0n) is 7.61. The van der Waals surface area contributed by atoms with Crippen molar-refractivity contribution in [3.05, 3.63) is 34.8 Å². The predicted molar refractivity (Wildman–Crippen MR) is 59.9 cm³/mol. The van der Waals surface area contributed by atoms with Crippen LogP contribution in [0.2, 0.25) is 0 Å². The van der Waals surface area contributed by atoms with Gasteiger partial charge in [0.2, 0.25) is 0 Å². The highest BCUT2D eigenvalue weighted by Gasteiger charge is 2.10. The Hall–Kier alpha value is -1.56. The molecule has 78 valence electrons. The third-order valence-electron chi connectivity index (χ3n) is 2.03. The monoisotopic (exact) mass is 270 g/mol. The Morgan fingerprint density at radius 2 is 2.13 bits per heavy atom. The van der Waals surface area contributed by atoms with Crippen LogP contribution >= 0.6 is 15.9 Å². The van der Waals surface area contributed by atoms with Crippen LogP contribution in [0.15, 0.2) is 29.0 Å². The second-order valence-corrected chi connectivity index (χ2v) is 3.87. The average molecular weight is 271 g/mol. The maximum Gasteiger partial charge on any atom is 0.150 e. The first-order valence-electron chi connectivity index (χ1n) is 4.13. The molecule has 6 heteroatoms. The summed E-state index contributed by atoms with van der Waals surface area (Å²) in [5, 5.41) is 0. The molecule has 2 aromatic rings. The van der Waals surface area contributed by atoms with Gasteiger partial charge in [0.15, 0.2) is 0 Å². The van der Waals surface area contributed by atoms with Crippen molar-refractivity contribution < 1.29 is 4.39 Å². The standard InChI is InChI=1S/C9H8BrFN4/c10-6-2-1-5(3-7(6)11)8-9(12)15(13)4-14-8/h1-4H,12-13H2. The number of aromatic nitrogens is 2. The zero-order chi connectivity index (χ0) is 11.0. The maximum absolute atomic E-state index is 13.2. The second kappa shape index (κ2) is 3.54. The number of anilines is 1. The number of benzene rings is 1. The number of nitrogens with two attached hydrogens (primary N) is 2. The smallest absolute Gasteiger partial charge is 0.150 e. The molecule has 1 heterocycles. The van der Waals surface area contributed by atoms with Crippen molar-refractivity contribution >= 4 is 21.7 Å². The molecule has 0 aliphatic rings. The molecule has 0 fully saturated rings. The Bertz CT molecular complexity index is 509. The molecule has 4 N–H and O–H groups in total. The summed E-state index contributed by atoms with van der Waals surface area (Å²) in [5.41, 5.74) is 6.73. The van der Waals surface area contributed by atoms with Crippen LogP contribution in [0.25, 0.3) is 11.3 Å². The number of imidazole rings is 1. The lowest BCUT2D eigenvalue weighted by molar-refractivity contribution is 0.621. The molecule has 0 saturated carbocycles. The quantitative estimate of drug-likeness (QED) is 0.776. The first-order chi connectivity index (χ1) is 7.09. The molecular formula is C9H8BrFN4. The van der Waals surface area contributed by atoms with Crippen molar-refractivity contribution in [2.24, 2.45) is 0 Å². The topological polar surface area (TPSA) is 69.9 Å². The maximum atomic E-state index is 13.2. The number of nitrogen functional groups attached to an aromatic ring is 2. The fraction of sp³-hybridized carbons (Fsp3) is 0. The number of rotatable bonds is 1. The van der Waals surface area contributed by atoms with Crippen LogP contribution in [0.4, 0.5) is 10.2 Å². The Labute approximate surface area is 93.8 Å². The van der Waals surface area contributed by atoms with Crippen molar-refractivity contribution in [2.75, 3.05) is 11.6 Å². The molecule has 4 nitrogen and oxygen atoms in total. The highest BCUT2D eigenvalue weighted by molar-refractivity contribution is 9.10. The average Bonchev–Trinajstić information content (AvgIpc) is 2.53. The van der Waals surface area contributed by atoms with Gasteiger partial charge in [0.1, 0.15) is 23.7 Å². The second-order valence-electron chi connectivity index (χ2n) is 3.01. The van der Waals surface area contributed by atoms with E-state index in [0.29, 0.717) is 21.5 Å². The van der Waals surface area contributed by atoms with E-state index < -0.39 is 0 Å². The first-order valence-corrected chi connectivity index (χ1v) is 4.92. The molecule has 0 spiro atoms. The molecule has 0 atom stereocenters. The van der Waals surface area contributed by atoms with Crippen LogP contribution in [-0.4, -0.2) is 9.66 Å². The molecule has 15 heavy (non-hydrogen) atoms. The molecule has 0 saturated heterocycles. The molecule has 0 amide bonds. The summed E-state index contributed by atoms with van der Waals surface area (Å²) in [6, 6.07) is 4.66. The Balaban J connectivity index is 2.55. The largest absolute Gasteiger partial charge is 0.382 e. The molecule has 1 aromatic carbocycles. The first kappa shape index (κ1) is 9.97. The summed E-state index contributed by atoms with van der Waals surface area (Å²) in [6.07, 6.45) is 1.38. The van der Waals surface area contributed by atoms with E-state index in [2.05, 4.69) is 20.9 Å². The summed E-state index contributed by atoms with van der Waals surface area (Å²) in [7, 11) is 0. The summed E-state index contributed by atoms with van der Waals surface area (Å²) < 4.78 is 14.8. The van der Waals surface area contributed by atoms with E-state index in [1.807, 2.05) is 0 Å². The molecule has 1 aromatic heterocycles. The fourth-order valence-corrected chi connectivity index (χ4v) is 1.48. The van der Waals surface area contributed by atoms with E-state index in [4.69, 9.17) is 11.6 Å². The third kappa shape index (κ3) is 1.68. The lowest BCUT2D eigenvalue weighted by Gasteiger charge is -2.01. The summed E-state index contributed by atoms with van der Waals surface area (Å²) in [4.78, 5) is 3.99. The Kier molecular flexibility index (Phi) is 2.36. The summed E-state index contributed by atoms with van der Waals surface area (Å²) in [5.74, 6) is 5.41. The van der Waals surface area contributed by atoms with Crippen molar-refractivity contribution in [3.63, 3.8) is 0 Å². The predicted octanol–water partition coefficient (Wildman–Crippen LogP) is 1.75. The minimum Gasteiger partial charge on any atom is -0.382 e. The van der Waals surface area contributed by atoms with Gasteiger partial charge >= 0.3 is 0 Å². The Morgan fingerprint density at radius 3 is 2.67 bits per heavy atom. The van der Waals surface area contributed by atoms with Crippen molar-refractivity contribution in [3.8, 4) is 11.3 Å². The summed E-state index contributed by atoms with van der Waals surface area (Å²) in [6.45, 7) is 0. The molecule has 0 radical (unpaired) electrons. The van der Waals surface area contributed by atoms with Gasteiger partial charge in [-0.3, -0.25) is 0 Å². The number of hydrogen-bond donors (Lipinski definition) is 2. The van der Waals surface area contributed by atoms with Gasteiger partial charge < -0.3 is 11.6 Å². The summed E-state index contributed by atoms with van der Waals surface area (Å²) >= 11 is 3.07. The van der Waals surface area contributed by atoms with E-state index in [1.54, 1.807) is 12.1 Å². The van der Waals surface area contributed by atoms with Gasteiger partial charge in [-0.05, 0) is 28.1 Å². The molecule has 0 bridgehead atoms. The van der Waals surface area contributed by atoms with Gasteiger partial charge in [-0.25, -0.2) is 14.1 Å². The normalized spacial score (nSPS) is 10.5. The van der Waals surface area contributed by atoms with Crippen molar-refractivity contribution in [1.82, 2.24) is 9.66 Å². The van der Waals surface area contributed by atoms with Gasteiger partial charge in [-0.2, -0.15) is 0 Å². The van der Waals surface area contributed by atoms with Gasteiger partial charge in [0, 0.05) is 5.56 Å². The lowest BCUT2D eigenvalue weighted by atomic mass is 10.1. The van der Waals surface area contributed by atoms with Gasteiger partial charge in [0.05, 0.1) is 4.47 Å². The van der Waals surface area contributed by atoms with E-state index >= 15 is 0 Å². The highest BCUT2D eigenvalue weighted by Crippen LogP contribution is 2.26. The van der Waals surface area contributed by atoms with Crippen LogP contribution in [0.3, 0.4) is 0 Å². The fourth-order valence-electron chi connectivity index (χ4n) is 1.24. The van der Waals surface area contributed by atoms with E-state index in [9.17, 15) is 4.39 Å². The molecule has 0 aliphatic carbocycles. The minimum absolute atomic E-state index is 0.303. The van der Waals surface area contributed by atoms with Crippen LogP contribution < -0.4 is 11.6 Å². The molecule has 0 unspecified atom stereocenters. The molecule has 2 rings (SSSR count). The van der Waals surface area contributed by atoms with Crippen LogP contribution in [-0.2, 0) is 0 Å². The lowest BCUT2D eigenvalue weighted by Crippen LogP contribution is -2.09. The number of halogens is 2. The van der Waals surface area contributed by atoms with Gasteiger partial charge in [0.25, 0.3) is 0 Å². The van der Waals surface area contributed by atoms with Crippen molar-refractivity contribution in [1.29, 1.82) is 0 Å². The SMILES string of the molecule is Nc1c(-c2ccc(Br)c(F)c2)ncn1N. The van der Waals surface area contributed by atoms with Gasteiger partial charge in [-0.15, -0.1) is 0 Å². The van der Waals surface area contributed by atoms with Gasteiger partial charge in [-0.1, -0.05) is 6.07 Å². The van der Waals surface area contributed by atoms with E-state index in [1.165, 1.54) is 17.1 Å². The zero-order valence-corrected chi connectivity index (χ0v) is 9.20. The minimum atomic E-state index is -0.363. The third-order valence-corrected chi connectivity index (χ3v) is 2.67. The Morgan fingerprint density at radius 1 is 1.40 bits per heavy atom. The van der Waals surface area contributed by atoms with Crippen LogP contribution in [0.1, 0.15) is 0 Å². The molecular weight excluding hydrogens is 263 g/mol. The van der Waals surface area contributed by atoms with Crippen LogP contribution in [0, 0.1) is 5.82 Å². The van der Waals surface area contributed by atoms with E-state index in [-0.39, 0.29) is 5.82 Å². The van der Waals surface area contributed by atoms with Crippen LogP contribution in [0.5, 0.6) is 0 Å². The number of nitrogens with zero attached hydrogens (tertiary/aromatic N) is 2. The molecule has 0 aliphatic heterocycles. The highest BCUT2D eigenvalue weighted by atomic mass is 79.9.